The molecule has 0 saturated carbocycles. The van der Waals surface area contributed by atoms with Crippen molar-refractivity contribution in [2.75, 3.05) is 37.6 Å². The van der Waals surface area contributed by atoms with E-state index in [-0.39, 0.29) is 11.2 Å². The largest absolute Gasteiger partial charge is 0.468 e. The van der Waals surface area contributed by atoms with Crippen molar-refractivity contribution in [3.8, 4) is 0 Å². The molecule has 0 aliphatic carbocycles. The molecule has 1 aliphatic rings. The number of para-hydroxylation sites is 1. The first-order chi connectivity index (χ1) is 10.2. The van der Waals surface area contributed by atoms with E-state index in [0.717, 1.165) is 38.5 Å². The number of halogens is 2. The quantitative estimate of drug-likeness (QED) is 0.806. The van der Waals surface area contributed by atoms with Crippen LogP contribution in [0.2, 0.25) is 0 Å². The second-order valence-electron chi connectivity index (χ2n) is 5.22. The Bertz CT molecular complexity index is 567. The van der Waals surface area contributed by atoms with Crippen LogP contribution in [0.1, 0.15) is 11.1 Å². The Balaban J connectivity index is 1.55. The van der Waals surface area contributed by atoms with Gasteiger partial charge in [0.1, 0.15) is 17.0 Å². The first-order valence-corrected chi connectivity index (χ1v) is 7.57. The molecule has 0 bridgehead atoms. The van der Waals surface area contributed by atoms with Crippen molar-refractivity contribution >= 4 is 17.3 Å². The summed E-state index contributed by atoms with van der Waals surface area (Å²) in [5, 5.41) is -0.139. The predicted octanol–water partition coefficient (Wildman–Crippen LogP) is 3.52. The van der Waals surface area contributed by atoms with Crippen molar-refractivity contribution in [3.63, 3.8) is 0 Å². The molecular formula is C16H18ClFN2O. The minimum atomic E-state index is -0.156. The van der Waals surface area contributed by atoms with E-state index in [2.05, 4.69) is 9.80 Å². The van der Waals surface area contributed by atoms with E-state index in [9.17, 15) is 4.39 Å². The SMILES string of the molecule is Fc1ccccc1N1CCN(CC(Cl)c2ccco2)CC1. The molecule has 1 saturated heterocycles. The monoisotopic (exact) mass is 308 g/mol. The maximum absolute atomic E-state index is 13.8. The van der Waals surface area contributed by atoms with Gasteiger partial charge < -0.3 is 9.32 Å². The number of furan rings is 1. The summed E-state index contributed by atoms with van der Waals surface area (Å²) < 4.78 is 19.1. The van der Waals surface area contributed by atoms with Gasteiger partial charge in [0, 0.05) is 32.7 Å². The highest BCUT2D eigenvalue weighted by Crippen LogP contribution is 2.24. The van der Waals surface area contributed by atoms with E-state index in [1.54, 1.807) is 12.3 Å². The van der Waals surface area contributed by atoms with Crippen molar-refractivity contribution in [2.24, 2.45) is 0 Å². The van der Waals surface area contributed by atoms with Crippen molar-refractivity contribution in [1.29, 1.82) is 0 Å². The average molecular weight is 309 g/mol. The lowest BCUT2D eigenvalue weighted by Crippen LogP contribution is -2.47. The van der Waals surface area contributed by atoms with Gasteiger partial charge >= 0.3 is 0 Å². The highest BCUT2D eigenvalue weighted by atomic mass is 35.5. The summed E-state index contributed by atoms with van der Waals surface area (Å²) in [5.74, 6) is 0.643. The maximum atomic E-state index is 13.8. The number of nitrogens with zero attached hydrogens (tertiary/aromatic N) is 2. The molecule has 0 radical (unpaired) electrons. The van der Waals surface area contributed by atoms with Gasteiger partial charge in [-0.3, -0.25) is 4.90 Å². The number of benzene rings is 1. The van der Waals surface area contributed by atoms with Crippen LogP contribution >= 0.6 is 11.6 Å². The molecule has 1 aromatic heterocycles. The van der Waals surface area contributed by atoms with Crippen LogP contribution in [-0.2, 0) is 0 Å². The number of hydrogen-bond acceptors (Lipinski definition) is 3. The van der Waals surface area contributed by atoms with Crippen LogP contribution in [0.5, 0.6) is 0 Å². The average Bonchev–Trinajstić information content (AvgIpc) is 3.03. The normalized spacial score (nSPS) is 17.9. The van der Waals surface area contributed by atoms with Crippen molar-refractivity contribution in [1.82, 2.24) is 4.90 Å². The van der Waals surface area contributed by atoms with Crippen molar-refractivity contribution < 1.29 is 8.81 Å². The summed E-state index contributed by atoms with van der Waals surface area (Å²) in [6.45, 7) is 4.11. The number of anilines is 1. The van der Waals surface area contributed by atoms with E-state index in [1.807, 2.05) is 24.3 Å². The topological polar surface area (TPSA) is 19.6 Å². The Morgan fingerprint density at radius 1 is 1.10 bits per heavy atom. The van der Waals surface area contributed by atoms with E-state index >= 15 is 0 Å². The van der Waals surface area contributed by atoms with Crippen molar-refractivity contribution in [3.05, 3.63) is 54.2 Å². The summed E-state index contributed by atoms with van der Waals surface area (Å²) in [5.41, 5.74) is 0.686. The molecule has 21 heavy (non-hydrogen) atoms. The van der Waals surface area contributed by atoms with Gasteiger partial charge in [0.15, 0.2) is 0 Å². The Hall–Kier alpha value is -1.52. The molecule has 1 fully saturated rings. The van der Waals surface area contributed by atoms with E-state index in [4.69, 9.17) is 16.0 Å². The molecule has 0 amide bonds. The molecule has 2 aromatic rings. The smallest absolute Gasteiger partial charge is 0.146 e. The van der Waals surface area contributed by atoms with Crippen LogP contribution in [0, 0.1) is 5.82 Å². The molecule has 3 nitrogen and oxygen atoms in total. The number of hydrogen-bond donors (Lipinski definition) is 0. The van der Waals surface area contributed by atoms with Gasteiger partial charge in [-0.2, -0.15) is 0 Å². The lowest BCUT2D eigenvalue weighted by Gasteiger charge is -2.36. The van der Waals surface area contributed by atoms with Crippen LogP contribution in [0.3, 0.4) is 0 Å². The highest BCUT2D eigenvalue weighted by Gasteiger charge is 2.22. The number of piperazine rings is 1. The summed E-state index contributed by atoms with van der Waals surface area (Å²) in [6, 6.07) is 10.7. The Morgan fingerprint density at radius 2 is 1.86 bits per heavy atom. The minimum absolute atomic E-state index is 0.139. The van der Waals surface area contributed by atoms with Gasteiger partial charge in [0.2, 0.25) is 0 Å². The molecule has 0 N–H and O–H groups in total. The van der Waals surface area contributed by atoms with Gasteiger partial charge in [0.05, 0.1) is 12.0 Å². The van der Waals surface area contributed by atoms with Crippen LogP contribution in [0.4, 0.5) is 10.1 Å². The van der Waals surface area contributed by atoms with Crippen LogP contribution < -0.4 is 4.90 Å². The maximum Gasteiger partial charge on any atom is 0.146 e. The Kier molecular flexibility index (Phi) is 4.46. The van der Waals surface area contributed by atoms with Gasteiger partial charge in [-0.05, 0) is 24.3 Å². The molecule has 1 atom stereocenters. The van der Waals surface area contributed by atoms with Crippen molar-refractivity contribution in [2.45, 2.75) is 5.38 Å². The summed E-state index contributed by atoms with van der Waals surface area (Å²) in [6.07, 6.45) is 1.64. The lowest BCUT2D eigenvalue weighted by molar-refractivity contribution is 0.251. The molecule has 2 heterocycles. The second kappa shape index (κ2) is 6.50. The molecule has 0 spiro atoms. The fourth-order valence-electron chi connectivity index (χ4n) is 2.67. The van der Waals surface area contributed by atoms with E-state index in [0.29, 0.717) is 5.69 Å². The van der Waals surface area contributed by atoms with Gasteiger partial charge in [0.25, 0.3) is 0 Å². The van der Waals surface area contributed by atoms with Gasteiger partial charge in [-0.1, -0.05) is 12.1 Å². The first-order valence-electron chi connectivity index (χ1n) is 7.13. The van der Waals surface area contributed by atoms with Crippen LogP contribution in [0.15, 0.2) is 47.1 Å². The third-order valence-corrected chi connectivity index (χ3v) is 4.19. The third kappa shape index (κ3) is 3.39. The zero-order chi connectivity index (χ0) is 14.7. The van der Waals surface area contributed by atoms with E-state index in [1.165, 1.54) is 6.07 Å². The van der Waals surface area contributed by atoms with E-state index < -0.39 is 0 Å². The summed E-state index contributed by atoms with van der Waals surface area (Å²) >= 11 is 6.35. The molecule has 5 heteroatoms. The zero-order valence-electron chi connectivity index (χ0n) is 11.7. The number of alkyl halides is 1. The fourth-order valence-corrected chi connectivity index (χ4v) is 2.99. The van der Waals surface area contributed by atoms with Gasteiger partial charge in [-0.15, -0.1) is 11.6 Å². The fraction of sp³-hybridized carbons (Fsp3) is 0.375. The Labute approximate surface area is 128 Å². The predicted molar refractivity (Wildman–Crippen MR) is 82.4 cm³/mol. The first kappa shape index (κ1) is 14.4. The molecule has 3 rings (SSSR count). The van der Waals surface area contributed by atoms with Crippen LogP contribution in [0.25, 0.3) is 0 Å². The molecular weight excluding hydrogens is 291 g/mol. The molecule has 1 aliphatic heterocycles. The second-order valence-corrected chi connectivity index (χ2v) is 5.75. The number of rotatable bonds is 4. The zero-order valence-corrected chi connectivity index (χ0v) is 12.5. The lowest BCUT2D eigenvalue weighted by atomic mass is 10.2. The molecule has 1 aromatic carbocycles. The third-order valence-electron chi connectivity index (χ3n) is 3.84. The van der Waals surface area contributed by atoms with Gasteiger partial charge in [-0.25, -0.2) is 4.39 Å². The van der Waals surface area contributed by atoms with Crippen LogP contribution in [-0.4, -0.2) is 37.6 Å². The molecule has 1 unspecified atom stereocenters. The Morgan fingerprint density at radius 3 is 2.52 bits per heavy atom. The summed E-state index contributed by atoms with van der Waals surface area (Å²) in [4.78, 5) is 4.37. The summed E-state index contributed by atoms with van der Waals surface area (Å²) in [7, 11) is 0. The molecule has 112 valence electrons. The minimum Gasteiger partial charge on any atom is -0.468 e. The standard InChI is InChI=1S/C16H18ClFN2O/c17-13(16-6-3-11-21-16)12-19-7-9-20(10-8-19)15-5-2-1-4-14(15)18/h1-6,11,13H,7-10,12H2. The highest BCUT2D eigenvalue weighted by molar-refractivity contribution is 6.20.